The van der Waals surface area contributed by atoms with Gasteiger partial charge in [0.1, 0.15) is 5.60 Å². The maximum absolute atomic E-state index is 12.4. The predicted octanol–water partition coefficient (Wildman–Crippen LogP) is 3.88. The topological polar surface area (TPSA) is 70.7 Å². The summed E-state index contributed by atoms with van der Waals surface area (Å²) in [6, 6.07) is 3.92. The Balaban J connectivity index is 1.79. The number of hydrogen-bond acceptors (Lipinski definition) is 4. The van der Waals surface area contributed by atoms with Crippen LogP contribution in [0.2, 0.25) is 5.02 Å². The van der Waals surface area contributed by atoms with Crippen LogP contribution in [0.1, 0.15) is 44.7 Å². The van der Waals surface area contributed by atoms with E-state index in [1.807, 2.05) is 46.8 Å². The molecule has 1 aromatic rings. The third kappa shape index (κ3) is 7.03. The van der Waals surface area contributed by atoms with Crippen molar-refractivity contribution in [2.75, 3.05) is 25.0 Å². The van der Waals surface area contributed by atoms with Crippen molar-refractivity contribution in [1.29, 1.82) is 0 Å². The van der Waals surface area contributed by atoms with E-state index in [9.17, 15) is 9.59 Å². The van der Waals surface area contributed by atoms with Crippen LogP contribution < -0.4 is 10.6 Å². The van der Waals surface area contributed by atoms with Crippen LogP contribution in [0, 0.1) is 13.8 Å². The number of anilines is 1. The second-order valence-electron chi connectivity index (χ2n) is 8.18. The summed E-state index contributed by atoms with van der Waals surface area (Å²) in [6.07, 6.45) is 1.19. The van der Waals surface area contributed by atoms with E-state index >= 15 is 0 Å². The average molecular weight is 396 g/mol. The van der Waals surface area contributed by atoms with Crippen molar-refractivity contribution in [3.05, 3.63) is 28.3 Å². The average Bonchev–Trinajstić information content (AvgIpc) is 2.51. The zero-order chi connectivity index (χ0) is 20.2. The zero-order valence-electron chi connectivity index (χ0n) is 16.8. The van der Waals surface area contributed by atoms with E-state index < -0.39 is 5.60 Å². The first-order chi connectivity index (χ1) is 12.5. The minimum Gasteiger partial charge on any atom is -0.444 e. The van der Waals surface area contributed by atoms with Crippen LogP contribution in [0.4, 0.5) is 10.5 Å². The molecule has 1 fully saturated rings. The van der Waals surface area contributed by atoms with E-state index in [4.69, 9.17) is 16.3 Å². The standard InChI is InChI=1S/C20H30ClN3O3/c1-13-10-14(2)18(16(21)11-13)23-17(25)12-24-8-6-15(7-9-24)22-19(26)27-20(3,4)5/h10-11,15H,6-9,12H2,1-5H3,(H,22,26)(H,23,25). The summed E-state index contributed by atoms with van der Waals surface area (Å²) in [5, 5.41) is 6.38. The van der Waals surface area contributed by atoms with Gasteiger partial charge >= 0.3 is 6.09 Å². The molecule has 2 rings (SSSR count). The number of benzene rings is 1. The maximum Gasteiger partial charge on any atom is 0.407 e. The molecule has 0 aliphatic carbocycles. The fourth-order valence-electron chi connectivity index (χ4n) is 3.17. The Morgan fingerprint density at radius 2 is 1.85 bits per heavy atom. The monoisotopic (exact) mass is 395 g/mol. The van der Waals surface area contributed by atoms with Gasteiger partial charge in [-0.05, 0) is 64.7 Å². The largest absolute Gasteiger partial charge is 0.444 e. The maximum atomic E-state index is 12.4. The molecule has 0 bridgehead atoms. The summed E-state index contributed by atoms with van der Waals surface area (Å²) in [7, 11) is 0. The number of nitrogens with one attached hydrogen (secondary N) is 2. The number of halogens is 1. The van der Waals surface area contributed by atoms with Crippen LogP contribution in [0.5, 0.6) is 0 Å². The number of alkyl carbamates (subject to hydrolysis) is 1. The molecule has 1 aromatic carbocycles. The van der Waals surface area contributed by atoms with Crippen LogP contribution >= 0.6 is 11.6 Å². The van der Waals surface area contributed by atoms with Crippen molar-refractivity contribution in [1.82, 2.24) is 10.2 Å². The molecule has 0 radical (unpaired) electrons. The fraction of sp³-hybridized carbons (Fsp3) is 0.600. The van der Waals surface area contributed by atoms with Crippen molar-refractivity contribution < 1.29 is 14.3 Å². The van der Waals surface area contributed by atoms with Gasteiger partial charge in [-0.3, -0.25) is 9.69 Å². The van der Waals surface area contributed by atoms with Crippen LogP contribution in [-0.2, 0) is 9.53 Å². The summed E-state index contributed by atoms with van der Waals surface area (Å²) >= 11 is 6.25. The van der Waals surface area contributed by atoms with Gasteiger partial charge in [0, 0.05) is 19.1 Å². The number of likely N-dealkylation sites (tertiary alicyclic amines) is 1. The lowest BCUT2D eigenvalue weighted by atomic mass is 10.1. The molecule has 1 aliphatic heterocycles. The SMILES string of the molecule is Cc1cc(C)c(NC(=O)CN2CCC(NC(=O)OC(C)(C)C)CC2)c(Cl)c1. The highest BCUT2D eigenvalue weighted by atomic mass is 35.5. The smallest absolute Gasteiger partial charge is 0.407 e. The summed E-state index contributed by atoms with van der Waals surface area (Å²) in [4.78, 5) is 26.3. The lowest BCUT2D eigenvalue weighted by Crippen LogP contribution is -2.47. The van der Waals surface area contributed by atoms with Crippen LogP contribution in [0.15, 0.2) is 12.1 Å². The molecule has 7 heteroatoms. The molecular weight excluding hydrogens is 366 g/mol. The van der Waals surface area contributed by atoms with Gasteiger partial charge in [-0.2, -0.15) is 0 Å². The molecule has 0 saturated carbocycles. The quantitative estimate of drug-likeness (QED) is 0.811. The normalized spacial score (nSPS) is 16.1. The summed E-state index contributed by atoms with van der Waals surface area (Å²) in [5.41, 5.74) is 2.19. The number of nitrogens with zero attached hydrogens (tertiary/aromatic N) is 1. The molecule has 0 spiro atoms. The highest BCUT2D eigenvalue weighted by Crippen LogP contribution is 2.27. The van der Waals surface area contributed by atoms with E-state index in [-0.39, 0.29) is 18.0 Å². The van der Waals surface area contributed by atoms with Crippen molar-refractivity contribution >= 4 is 29.3 Å². The van der Waals surface area contributed by atoms with Gasteiger partial charge in [0.15, 0.2) is 0 Å². The molecule has 1 heterocycles. The molecule has 27 heavy (non-hydrogen) atoms. The van der Waals surface area contributed by atoms with Crippen LogP contribution in [-0.4, -0.2) is 48.2 Å². The van der Waals surface area contributed by atoms with E-state index in [2.05, 4.69) is 15.5 Å². The minimum atomic E-state index is -0.502. The zero-order valence-corrected chi connectivity index (χ0v) is 17.6. The predicted molar refractivity (Wildman–Crippen MR) is 108 cm³/mol. The molecule has 150 valence electrons. The Bertz CT molecular complexity index is 669. The molecule has 1 saturated heterocycles. The second-order valence-corrected chi connectivity index (χ2v) is 8.59. The highest BCUT2D eigenvalue weighted by Gasteiger charge is 2.24. The number of aryl methyl sites for hydroxylation is 2. The third-order valence-corrected chi connectivity index (χ3v) is 4.67. The number of carbonyl (C=O) groups is 2. The first-order valence-electron chi connectivity index (χ1n) is 9.32. The number of carbonyl (C=O) groups excluding carboxylic acids is 2. The van der Waals surface area contributed by atoms with Gasteiger partial charge < -0.3 is 15.4 Å². The van der Waals surface area contributed by atoms with Crippen LogP contribution in [0.25, 0.3) is 0 Å². The second kappa shape index (κ2) is 8.93. The molecule has 0 atom stereocenters. The van der Waals surface area contributed by atoms with E-state index in [0.29, 0.717) is 17.3 Å². The molecule has 2 amide bonds. The molecular formula is C20H30ClN3O3. The van der Waals surface area contributed by atoms with Crippen LogP contribution in [0.3, 0.4) is 0 Å². The Morgan fingerprint density at radius 1 is 1.22 bits per heavy atom. The number of rotatable bonds is 4. The van der Waals surface area contributed by atoms with Crippen molar-refractivity contribution in [3.63, 3.8) is 0 Å². The third-order valence-electron chi connectivity index (χ3n) is 4.37. The van der Waals surface area contributed by atoms with Crippen molar-refractivity contribution in [3.8, 4) is 0 Å². The van der Waals surface area contributed by atoms with Gasteiger partial charge in [0.25, 0.3) is 0 Å². The lowest BCUT2D eigenvalue weighted by molar-refractivity contribution is -0.117. The van der Waals surface area contributed by atoms with Gasteiger partial charge in [0.2, 0.25) is 5.91 Å². The highest BCUT2D eigenvalue weighted by molar-refractivity contribution is 6.34. The Labute approximate surface area is 166 Å². The fourth-order valence-corrected chi connectivity index (χ4v) is 3.53. The van der Waals surface area contributed by atoms with Gasteiger partial charge in [0.05, 0.1) is 17.3 Å². The Kier molecular flexibility index (Phi) is 7.12. The van der Waals surface area contributed by atoms with Crippen molar-refractivity contribution in [2.24, 2.45) is 0 Å². The lowest BCUT2D eigenvalue weighted by Gasteiger charge is -2.32. The van der Waals surface area contributed by atoms with E-state index in [1.54, 1.807) is 0 Å². The number of amides is 2. The molecule has 6 nitrogen and oxygen atoms in total. The van der Waals surface area contributed by atoms with Gasteiger partial charge in [-0.25, -0.2) is 4.79 Å². The Hall–Kier alpha value is -1.79. The Morgan fingerprint density at radius 3 is 2.41 bits per heavy atom. The summed E-state index contributed by atoms with van der Waals surface area (Å²) < 4.78 is 5.29. The van der Waals surface area contributed by atoms with Gasteiger partial charge in [-0.1, -0.05) is 17.7 Å². The number of ether oxygens (including phenoxy) is 1. The van der Waals surface area contributed by atoms with Gasteiger partial charge in [-0.15, -0.1) is 0 Å². The minimum absolute atomic E-state index is 0.0768. The number of piperidine rings is 1. The molecule has 2 N–H and O–H groups in total. The van der Waals surface area contributed by atoms with Crippen molar-refractivity contribution in [2.45, 2.75) is 59.1 Å². The summed E-state index contributed by atoms with van der Waals surface area (Å²) in [5.74, 6) is -0.0811. The first-order valence-corrected chi connectivity index (χ1v) is 9.70. The molecule has 0 aromatic heterocycles. The number of hydrogen-bond donors (Lipinski definition) is 2. The molecule has 0 unspecified atom stereocenters. The summed E-state index contributed by atoms with van der Waals surface area (Å²) in [6.45, 7) is 11.2. The molecule has 1 aliphatic rings. The van der Waals surface area contributed by atoms with E-state index in [1.165, 1.54) is 0 Å². The first kappa shape index (κ1) is 21.5. The van der Waals surface area contributed by atoms with E-state index in [0.717, 1.165) is 37.1 Å².